The third kappa shape index (κ3) is 4.72. The molecule has 0 aliphatic rings. The molecule has 0 N–H and O–H groups in total. The average Bonchev–Trinajstić information content (AvgIpc) is 2.13. The van der Waals surface area contributed by atoms with E-state index in [4.69, 9.17) is 4.74 Å². The minimum atomic E-state index is -0.843. The van der Waals surface area contributed by atoms with Gasteiger partial charge in [-0.15, -0.1) is 0 Å². The van der Waals surface area contributed by atoms with Gasteiger partial charge in [0.25, 0.3) is 0 Å². The van der Waals surface area contributed by atoms with E-state index in [0.29, 0.717) is 0 Å². The van der Waals surface area contributed by atoms with Gasteiger partial charge in [0.05, 0.1) is 18.9 Å². The fraction of sp³-hybridized carbons (Fsp3) is 0.727. The average molecular weight is 214 g/mol. The van der Waals surface area contributed by atoms with Crippen molar-refractivity contribution in [1.82, 2.24) is 0 Å². The molecule has 0 saturated carbocycles. The summed E-state index contributed by atoms with van der Waals surface area (Å²) in [6, 6.07) is 0. The van der Waals surface area contributed by atoms with E-state index in [1.54, 1.807) is 20.8 Å². The van der Waals surface area contributed by atoms with Gasteiger partial charge in [-0.2, -0.15) is 0 Å². The van der Waals surface area contributed by atoms with Crippen molar-refractivity contribution in [3.63, 3.8) is 0 Å². The van der Waals surface area contributed by atoms with Crippen LogP contribution in [0.25, 0.3) is 0 Å². The van der Waals surface area contributed by atoms with E-state index in [9.17, 15) is 14.4 Å². The fourth-order valence-electron chi connectivity index (χ4n) is 1.23. The van der Waals surface area contributed by atoms with E-state index in [1.807, 2.05) is 0 Å². The second-order valence-electron chi connectivity index (χ2n) is 3.73. The summed E-state index contributed by atoms with van der Waals surface area (Å²) in [4.78, 5) is 34.0. The van der Waals surface area contributed by atoms with Crippen LogP contribution >= 0.6 is 0 Å². The molecule has 1 unspecified atom stereocenters. The van der Waals surface area contributed by atoms with Crippen LogP contribution in [-0.2, 0) is 19.1 Å². The Morgan fingerprint density at radius 1 is 1.20 bits per heavy atom. The van der Waals surface area contributed by atoms with Crippen LogP contribution in [0.15, 0.2) is 0 Å². The largest absolute Gasteiger partial charge is 0.466 e. The van der Waals surface area contributed by atoms with E-state index in [-0.39, 0.29) is 30.5 Å². The molecule has 15 heavy (non-hydrogen) atoms. The highest BCUT2D eigenvalue weighted by molar-refractivity contribution is 6.04. The van der Waals surface area contributed by atoms with Crippen LogP contribution in [0, 0.1) is 11.8 Å². The summed E-state index contributed by atoms with van der Waals surface area (Å²) < 4.78 is 4.71. The second kappa shape index (κ2) is 6.32. The van der Waals surface area contributed by atoms with Gasteiger partial charge in [0.2, 0.25) is 0 Å². The predicted octanol–water partition coefficient (Wildman–Crippen LogP) is 1.37. The van der Waals surface area contributed by atoms with E-state index < -0.39 is 11.9 Å². The first kappa shape index (κ1) is 13.8. The van der Waals surface area contributed by atoms with Crippen molar-refractivity contribution in [1.29, 1.82) is 0 Å². The van der Waals surface area contributed by atoms with Crippen LogP contribution in [0.2, 0.25) is 0 Å². The summed E-state index contributed by atoms with van der Waals surface area (Å²) in [6.07, 6.45) is -0.139. The van der Waals surface area contributed by atoms with Crippen molar-refractivity contribution in [2.45, 2.75) is 34.1 Å². The molecule has 0 radical (unpaired) electrons. The summed E-state index contributed by atoms with van der Waals surface area (Å²) in [5.74, 6) is -2.05. The van der Waals surface area contributed by atoms with Gasteiger partial charge in [0.15, 0.2) is 0 Å². The maximum Gasteiger partial charge on any atom is 0.306 e. The monoisotopic (exact) mass is 214 g/mol. The number of carbonyl (C=O) groups is 3. The number of ether oxygens (including phenoxy) is 1. The first-order valence-corrected chi connectivity index (χ1v) is 5.09. The smallest absolute Gasteiger partial charge is 0.306 e. The lowest BCUT2D eigenvalue weighted by atomic mass is 9.89. The lowest BCUT2D eigenvalue weighted by Crippen LogP contribution is -2.29. The van der Waals surface area contributed by atoms with E-state index in [1.165, 1.54) is 6.92 Å². The molecule has 0 amide bonds. The van der Waals surface area contributed by atoms with Gasteiger partial charge in [-0.25, -0.2) is 0 Å². The molecule has 0 fully saturated rings. The molecular weight excluding hydrogens is 196 g/mol. The predicted molar refractivity (Wildman–Crippen MR) is 55.3 cm³/mol. The Kier molecular flexibility index (Phi) is 5.82. The molecule has 0 aliphatic carbocycles. The lowest BCUT2D eigenvalue weighted by Gasteiger charge is -2.13. The van der Waals surface area contributed by atoms with Crippen LogP contribution in [0.4, 0.5) is 0 Å². The summed E-state index contributed by atoms with van der Waals surface area (Å²) in [7, 11) is 0. The van der Waals surface area contributed by atoms with Crippen molar-refractivity contribution in [3.8, 4) is 0 Å². The quantitative estimate of drug-likeness (QED) is 0.495. The lowest BCUT2D eigenvalue weighted by molar-refractivity contribution is -0.149. The van der Waals surface area contributed by atoms with E-state index >= 15 is 0 Å². The van der Waals surface area contributed by atoms with Gasteiger partial charge >= 0.3 is 5.97 Å². The third-order valence-corrected chi connectivity index (χ3v) is 2.08. The zero-order valence-electron chi connectivity index (χ0n) is 9.70. The van der Waals surface area contributed by atoms with Gasteiger partial charge in [-0.1, -0.05) is 13.8 Å². The Labute approximate surface area is 90.0 Å². The summed E-state index contributed by atoms with van der Waals surface area (Å²) >= 11 is 0. The molecular formula is C11H18O4. The molecule has 0 saturated heterocycles. The van der Waals surface area contributed by atoms with Gasteiger partial charge in [0, 0.05) is 5.92 Å². The molecule has 0 heterocycles. The molecule has 0 aromatic rings. The number of rotatable bonds is 6. The molecule has 4 nitrogen and oxygen atoms in total. The number of carbonyl (C=O) groups excluding carboxylic acids is 3. The summed E-state index contributed by atoms with van der Waals surface area (Å²) in [5.41, 5.74) is 0. The molecule has 0 rings (SSSR count). The molecule has 4 heteroatoms. The van der Waals surface area contributed by atoms with Crippen LogP contribution in [0.5, 0.6) is 0 Å². The zero-order chi connectivity index (χ0) is 12.0. The SMILES string of the molecule is CCOC(=O)CC(C(C)=O)C(=O)C(C)C. The number of hydrogen-bond acceptors (Lipinski definition) is 4. The minimum absolute atomic E-state index is 0.139. The second-order valence-corrected chi connectivity index (χ2v) is 3.73. The molecule has 0 spiro atoms. The van der Waals surface area contributed by atoms with Gasteiger partial charge < -0.3 is 4.74 Å². The highest BCUT2D eigenvalue weighted by Crippen LogP contribution is 2.13. The Balaban J connectivity index is 4.48. The van der Waals surface area contributed by atoms with Crippen molar-refractivity contribution >= 4 is 17.5 Å². The number of hydrogen-bond donors (Lipinski definition) is 0. The van der Waals surface area contributed by atoms with Crippen LogP contribution in [-0.4, -0.2) is 24.1 Å². The van der Waals surface area contributed by atoms with Crippen molar-refractivity contribution < 1.29 is 19.1 Å². The van der Waals surface area contributed by atoms with Crippen molar-refractivity contribution in [2.75, 3.05) is 6.61 Å². The number of ketones is 2. The standard InChI is InChI=1S/C11H18O4/c1-5-15-10(13)6-9(8(4)12)11(14)7(2)3/h7,9H,5-6H2,1-4H3. The normalized spacial score (nSPS) is 12.3. The minimum Gasteiger partial charge on any atom is -0.466 e. The number of esters is 1. The summed E-state index contributed by atoms with van der Waals surface area (Å²) in [5, 5.41) is 0. The van der Waals surface area contributed by atoms with Gasteiger partial charge in [0.1, 0.15) is 11.6 Å². The molecule has 86 valence electrons. The van der Waals surface area contributed by atoms with Gasteiger partial charge in [-0.3, -0.25) is 14.4 Å². The first-order valence-electron chi connectivity index (χ1n) is 5.09. The highest BCUT2D eigenvalue weighted by Gasteiger charge is 2.28. The van der Waals surface area contributed by atoms with Crippen molar-refractivity contribution in [3.05, 3.63) is 0 Å². The van der Waals surface area contributed by atoms with E-state index in [2.05, 4.69) is 0 Å². The highest BCUT2D eigenvalue weighted by atomic mass is 16.5. The molecule has 0 aromatic carbocycles. The van der Waals surface area contributed by atoms with Crippen molar-refractivity contribution in [2.24, 2.45) is 11.8 Å². The Hall–Kier alpha value is -1.19. The maximum absolute atomic E-state index is 11.6. The first-order chi connectivity index (χ1) is 6.90. The topological polar surface area (TPSA) is 60.4 Å². The van der Waals surface area contributed by atoms with Gasteiger partial charge in [-0.05, 0) is 13.8 Å². The summed E-state index contributed by atoms with van der Waals surface area (Å²) in [6.45, 7) is 6.70. The molecule has 0 aliphatic heterocycles. The van der Waals surface area contributed by atoms with Crippen LogP contribution in [0.1, 0.15) is 34.1 Å². The maximum atomic E-state index is 11.6. The fourth-order valence-corrected chi connectivity index (χ4v) is 1.23. The Bertz CT molecular complexity index is 255. The van der Waals surface area contributed by atoms with Crippen LogP contribution < -0.4 is 0 Å². The zero-order valence-corrected chi connectivity index (χ0v) is 9.70. The molecule has 1 atom stereocenters. The van der Waals surface area contributed by atoms with Crippen LogP contribution in [0.3, 0.4) is 0 Å². The Morgan fingerprint density at radius 2 is 1.73 bits per heavy atom. The Morgan fingerprint density at radius 3 is 2.07 bits per heavy atom. The van der Waals surface area contributed by atoms with E-state index in [0.717, 1.165) is 0 Å². The molecule has 0 aromatic heterocycles. The molecule has 0 bridgehead atoms. The number of Topliss-reactive ketones (excluding diaryl/α,β-unsaturated/α-hetero) is 2. The third-order valence-electron chi connectivity index (χ3n) is 2.08.